The van der Waals surface area contributed by atoms with Crippen molar-refractivity contribution in [1.82, 2.24) is 10.2 Å². The van der Waals surface area contributed by atoms with E-state index in [-0.39, 0.29) is 5.91 Å². The third-order valence-corrected chi connectivity index (χ3v) is 1.96. The molecule has 1 heterocycles. The van der Waals surface area contributed by atoms with Crippen LogP contribution in [0.3, 0.4) is 0 Å². The van der Waals surface area contributed by atoms with Crippen LogP contribution < -0.4 is 5.32 Å². The summed E-state index contributed by atoms with van der Waals surface area (Å²) in [5.41, 5.74) is 0. The minimum absolute atomic E-state index is 0.138. The van der Waals surface area contributed by atoms with Crippen molar-refractivity contribution >= 4 is 23.2 Å². The molecule has 1 saturated heterocycles. The topological polar surface area (TPSA) is 32.3 Å². The van der Waals surface area contributed by atoms with Gasteiger partial charge in [0.15, 0.2) is 5.11 Å². The van der Waals surface area contributed by atoms with Gasteiger partial charge in [0.05, 0.1) is 0 Å². The number of hydrogen-bond acceptors (Lipinski definition) is 2. The average molecular weight is 158 g/mol. The van der Waals surface area contributed by atoms with Gasteiger partial charge < -0.3 is 5.32 Å². The molecule has 0 spiro atoms. The molecule has 0 aliphatic carbocycles. The van der Waals surface area contributed by atoms with E-state index in [2.05, 4.69) is 5.32 Å². The fourth-order valence-corrected chi connectivity index (χ4v) is 1.19. The van der Waals surface area contributed by atoms with Gasteiger partial charge in [0, 0.05) is 20.0 Å². The van der Waals surface area contributed by atoms with Crippen LogP contribution in [0.5, 0.6) is 0 Å². The van der Waals surface area contributed by atoms with Crippen molar-refractivity contribution in [3.8, 4) is 0 Å². The van der Waals surface area contributed by atoms with E-state index in [0.717, 1.165) is 13.0 Å². The molecule has 0 atom stereocenters. The van der Waals surface area contributed by atoms with Gasteiger partial charge in [0.25, 0.3) is 0 Å². The highest BCUT2D eigenvalue weighted by molar-refractivity contribution is 7.80. The van der Waals surface area contributed by atoms with Crippen LogP contribution in [-0.4, -0.2) is 29.5 Å². The first-order valence-electron chi connectivity index (χ1n) is 3.28. The molecule has 1 N–H and O–H groups in total. The van der Waals surface area contributed by atoms with Crippen LogP contribution in [0.15, 0.2) is 0 Å². The number of rotatable bonds is 0. The second-order valence-corrected chi connectivity index (χ2v) is 2.59. The first-order valence-corrected chi connectivity index (χ1v) is 3.68. The number of thiocarbonyl (C=S) groups is 1. The average Bonchev–Trinajstić information content (AvgIpc) is 2.34. The van der Waals surface area contributed by atoms with E-state index in [4.69, 9.17) is 12.2 Å². The van der Waals surface area contributed by atoms with E-state index in [1.165, 1.54) is 0 Å². The van der Waals surface area contributed by atoms with Gasteiger partial charge in [-0.3, -0.25) is 9.69 Å². The smallest absolute Gasteiger partial charge is 0.228 e. The molecule has 0 aromatic carbocycles. The molecule has 0 bridgehead atoms. The third kappa shape index (κ3) is 1.26. The van der Waals surface area contributed by atoms with E-state index in [1.807, 2.05) is 0 Å². The molecule has 0 unspecified atom stereocenters. The van der Waals surface area contributed by atoms with Crippen molar-refractivity contribution in [2.45, 2.75) is 12.8 Å². The Labute approximate surface area is 65.4 Å². The van der Waals surface area contributed by atoms with Crippen molar-refractivity contribution in [2.75, 3.05) is 13.6 Å². The van der Waals surface area contributed by atoms with Gasteiger partial charge in [-0.1, -0.05) is 0 Å². The molecule has 56 valence electrons. The molecule has 1 aliphatic heterocycles. The number of likely N-dealkylation sites (tertiary alicyclic amines) is 1. The normalized spacial score (nSPS) is 17.7. The Morgan fingerprint density at radius 2 is 2.50 bits per heavy atom. The Morgan fingerprint density at radius 3 is 2.90 bits per heavy atom. The van der Waals surface area contributed by atoms with Crippen molar-refractivity contribution in [3.63, 3.8) is 0 Å². The van der Waals surface area contributed by atoms with Crippen molar-refractivity contribution in [2.24, 2.45) is 0 Å². The summed E-state index contributed by atoms with van der Waals surface area (Å²) in [4.78, 5) is 12.6. The second kappa shape index (κ2) is 2.96. The summed E-state index contributed by atoms with van der Waals surface area (Å²) in [6, 6.07) is 0. The quantitative estimate of drug-likeness (QED) is 0.508. The highest BCUT2D eigenvalue weighted by atomic mass is 32.1. The molecule has 10 heavy (non-hydrogen) atoms. The Balaban J connectivity index is 2.55. The van der Waals surface area contributed by atoms with Crippen LogP contribution >= 0.6 is 12.2 Å². The molecule has 0 saturated carbocycles. The number of nitrogens with zero attached hydrogens (tertiary/aromatic N) is 1. The predicted octanol–water partition coefficient (Wildman–Crippen LogP) is 0.113. The zero-order chi connectivity index (χ0) is 7.56. The SMILES string of the molecule is CNC(=S)N1CCCC1=O. The summed E-state index contributed by atoms with van der Waals surface area (Å²) in [5.74, 6) is 0.138. The standard InChI is InChI=1S/C6H10N2OS/c1-7-6(10)8-4-2-3-5(8)9/h2-4H2,1H3,(H,7,10). The predicted molar refractivity (Wildman–Crippen MR) is 42.6 cm³/mol. The largest absolute Gasteiger partial charge is 0.365 e. The highest BCUT2D eigenvalue weighted by Gasteiger charge is 2.22. The molecular weight excluding hydrogens is 148 g/mol. The van der Waals surface area contributed by atoms with Gasteiger partial charge >= 0.3 is 0 Å². The van der Waals surface area contributed by atoms with Gasteiger partial charge in [0.2, 0.25) is 5.91 Å². The van der Waals surface area contributed by atoms with Crippen LogP contribution in [0, 0.1) is 0 Å². The Hall–Kier alpha value is -0.640. The molecule has 4 heteroatoms. The van der Waals surface area contributed by atoms with Crippen LogP contribution in [-0.2, 0) is 4.79 Å². The summed E-state index contributed by atoms with van der Waals surface area (Å²) in [7, 11) is 1.73. The molecule has 0 aromatic heterocycles. The lowest BCUT2D eigenvalue weighted by Crippen LogP contribution is -2.38. The number of amides is 1. The van der Waals surface area contributed by atoms with Gasteiger partial charge in [-0.2, -0.15) is 0 Å². The molecule has 3 nitrogen and oxygen atoms in total. The number of nitrogens with one attached hydrogen (secondary N) is 1. The summed E-state index contributed by atoms with van der Waals surface area (Å²) >= 11 is 4.89. The minimum atomic E-state index is 0.138. The van der Waals surface area contributed by atoms with Crippen LogP contribution in [0.1, 0.15) is 12.8 Å². The van der Waals surface area contributed by atoms with Crippen molar-refractivity contribution in [3.05, 3.63) is 0 Å². The summed E-state index contributed by atoms with van der Waals surface area (Å²) in [6.07, 6.45) is 1.57. The molecule has 1 aliphatic rings. The van der Waals surface area contributed by atoms with E-state index in [1.54, 1.807) is 11.9 Å². The van der Waals surface area contributed by atoms with E-state index < -0.39 is 0 Å². The molecule has 0 aromatic rings. The Kier molecular flexibility index (Phi) is 2.21. The summed E-state index contributed by atoms with van der Waals surface area (Å²) < 4.78 is 0. The van der Waals surface area contributed by atoms with Crippen LogP contribution in [0.2, 0.25) is 0 Å². The molecule has 1 rings (SSSR count). The summed E-state index contributed by atoms with van der Waals surface area (Å²) in [6.45, 7) is 0.776. The van der Waals surface area contributed by atoms with Crippen molar-refractivity contribution < 1.29 is 4.79 Å². The zero-order valence-corrected chi connectivity index (χ0v) is 6.70. The monoisotopic (exact) mass is 158 g/mol. The number of hydrogen-bond donors (Lipinski definition) is 1. The first-order chi connectivity index (χ1) is 4.75. The van der Waals surface area contributed by atoms with Gasteiger partial charge in [-0.15, -0.1) is 0 Å². The maximum Gasteiger partial charge on any atom is 0.228 e. The molecular formula is C6H10N2OS. The zero-order valence-electron chi connectivity index (χ0n) is 5.89. The highest BCUT2D eigenvalue weighted by Crippen LogP contribution is 2.08. The van der Waals surface area contributed by atoms with E-state index in [0.29, 0.717) is 11.5 Å². The third-order valence-electron chi connectivity index (χ3n) is 1.53. The Bertz CT molecular complexity index is 169. The first kappa shape index (κ1) is 7.47. The fraction of sp³-hybridized carbons (Fsp3) is 0.667. The lowest BCUT2D eigenvalue weighted by molar-refractivity contribution is -0.124. The maximum atomic E-state index is 11.0. The number of carbonyl (C=O) groups is 1. The lowest BCUT2D eigenvalue weighted by atomic mass is 10.4. The maximum absolute atomic E-state index is 11.0. The van der Waals surface area contributed by atoms with Gasteiger partial charge in [-0.05, 0) is 18.6 Å². The lowest BCUT2D eigenvalue weighted by Gasteiger charge is -2.14. The van der Waals surface area contributed by atoms with Crippen molar-refractivity contribution in [1.29, 1.82) is 0 Å². The number of carbonyl (C=O) groups excluding carboxylic acids is 1. The van der Waals surface area contributed by atoms with Gasteiger partial charge in [-0.25, -0.2) is 0 Å². The Morgan fingerprint density at radius 1 is 1.80 bits per heavy atom. The van der Waals surface area contributed by atoms with Gasteiger partial charge in [0.1, 0.15) is 0 Å². The molecule has 1 fully saturated rings. The second-order valence-electron chi connectivity index (χ2n) is 2.20. The van der Waals surface area contributed by atoms with E-state index in [9.17, 15) is 4.79 Å². The molecule has 1 amide bonds. The fourth-order valence-electron chi connectivity index (χ4n) is 0.998. The summed E-state index contributed by atoms with van der Waals surface area (Å²) in [5, 5.41) is 3.32. The van der Waals surface area contributed by atoms with Crippen LogP contribution in [0.25, 0.3) is 0 Å². The molecule has 0 radical (unpaired) electrons. The van der Waals surface area contributed by atoms with Crippen LogP contribution in [0.4, 0.5) is 0 Å². The minimum Gasteiger partial charge on any atom is -0.365 e. The van der Waals surface area contributed by atoms with E-state index >= 15 is 0 Å².